The highest BCUT2D eigenvalue weighted by atomic mass is 16.6. The monoisotopic (exact) mass is 290 g/mol. The zero-order valence-electron chi connectivity index (χ0n) is 12.2. The maximum Gasteiger partial charge on any atom is 0.410 e. The molecule has 1 aromatic carbocycles. The van der Waals surface area contributed by atoms with Crippen LogP contribution < -0.4 is 5.73 Å². The van der Waals surface area contributed by atoms with Crippen molar-refractivity contribution in [3.8, 4) is 0 Å². The van der Waals surface area contributed by atoms with E-state index in [2.05, 4.69) is 0 Å². The molecule has 3 rings (SSSR count). The van der Waals surface area contributed by atoms with Crippen LogP contribution in [0.25, 0.3) is 0 Å². The van der Waals surface area contributed by atoms with E-state index in [4.69, 9.17) is 15.2 Å². The maximum absolute atomic E-state index is 12.1. The van der Waals surface area contributed by atoms with Gasteiger partial charge in [0.2, 0.25) is 0 Å². The summed E-state index contributed by atoms with van der Waals surface area (Å²) in [7, 11) is 0. The molecule has 2 fully saturated rings. The minimum absolute atomic E-state index is 0.102. The lowest BCUT2D eigenvalue weighted by atomic mass is 9.88. The highest BCUT2D eigenvalue weighted by Crippen LogP contribution is 2.35. The second-order valence-electron chi connectivity index (χ2n) is 5.99. The van der Waals surface area contributed by atoms with E-state index in [9.17, 15) is 4.79 Å². The first-order valence-corrected chi connectivity index (χ1v) is 7.52. The summed E-state index contributed by atoms with van der Waals surface area (Å²) in [6.07, 6.45) is 2.36. The van der Waals surface area contributed by atoms with Crippen molar-refractivity contribution in [2.75, 3.05) is 19.7 Å². The Bertz CT molecular complexity index is 484. The van der Waals surface area contributed by atoms with Crippen LogP contribution in [-0.4, -0.2) is 42.3 Å². The molecular formula is C16H22N2O3. The molecule has 0 radical (unpaired) electrons. The number of hydrogen-bond acceptors (Lipinski definition) is 4. The summed E-state index contributed by atoms with van der Waals surface area (Å²) >= 11 is 0. The van der Waals surface area contributed by atoms with E-state index >= 15 is 0 Å². The van der Waals surface area contributed by atoms with Crippen molar-refractivity contribution in [2.45, 2.75) is 37.5 Å². The molecule has 1 atom stereocenters. The van der Waals surface area contributed by atoms with Crippen LogP contribution in [0.3, 0.4) is 0 Å². The molecule has 2 N–H and O–H groups in total. The molecule has 1 spiro atoms. The Balaban J connectivity index is 1.47. The highest BCUT2D eigenvalue weighted by Gasteiger charge is 2.42. The van der Waals surface area contributed by atoms with Crippen LogP contribution in [0.2, 0.25) is 0 Å². The van der Waals surface area contributed by atoms with E-state index in [1.54, 1.807) is 4.90 Å². The van der Waals surface area contributed by atoms with Crippen LogP contribution in [0.1, 0.15) is 24.8 Å². The van der Waals surface area contributed by atoms with E-state index in [0.717, 1.165) is 24.8 Å². The zero-order valence-corrected chi connectivity index (χ0v) is 12.2. The Morgan fingerprint density at radius 3 is 2.67 bits per heavy atom. The van der Waals surface area contributed by atoms with Crippen molar-refractivity contribution >= 4 is 6.09 Å². The molecule has 2 aliphatic rings. The highest BCUT2D eigenvalue weighted by molar-refractivity contribution is 5.67. The molecule has 1 aromatic rings. The average Bonchev–Trinajstić information content (AvgIpc) is 2.87. The van der Waals surface area contributed by atoms with Crippen molar-refractivity contribution in [3.63, 3.8) is 0 Å². The number of benzene rings is 1. The predicted molar refractivity (Wildman–Crippen MR) is 78.7 cm³/mol. The van der Waals surface area contributed by atoms with Gasteiger partial charge in [0.05, 0.1) is 12.2 Å². The minimum Gasteiger partial charge on any atom is -0.445 e. The first kappa shape index (κ1) is 14.4. The van der Waals surface area contributed by atoms with E-state index < -0.39 is 0 Å². The Morgan fingerprint density at radius 1 is 1.33 bits per heavy atom. The second kappa shape index (κ2) is 6.03. The fourth-order valence-electron chi connectivity index (χ4n) is 3.14. The fraction of sp³-hybridized carbons (Fsp3) is 0.562. The third-order valence-electron chi connectivity index (χ3n) is 4.38. The van der Waals surface area contributed by atoms with Crippen LogP contribution in [0.4, 0.5) is 4.79 Å². The molecule has 2 heterocycles. The van der Waals surface area contributed by atoms with Crippen molar-refractivity contribution in [1.29, 1.82) is 0 Å². The van der Waals surface area contributed by atoms with Gasteiger partial charge in [-0.1, -0.05) is 30.3 Å². The van der Waals surface area contributed by atoms with Crippen molar-refractivity contribution in [1.82, 2.24) is 4.90 Å². The molecule has 114 valence electrons. The van der Waals surface area contributed by atoms with Gasteiger partial charge in [0, 0.05) is 19.1 Å². The summed E-state index contributed by atoms with van der Waals surface area (Å²) in [4.78, 5) is 13.8. The third kappa shape index (κ3) is 3.36. The Labute approximate surface area is 125 Å². The molecule has 0 aliphatic carbocycles. The number of likely N-dealkylation sites (tertiary alicyclic amines) is 1. The van der Waals surface area contributed by atoms with E-state index in [1.165, 1.54) is 0 Å². The quantitative estimate of drug-likeness (QED) is 0.903. The van der Waals surface area contributed by atoms with Gasteiger partial charge in [-0.25, -0.2) is 4.79 Å². The molecule has 2 saturated heterocycles. The molecule has 2 aliphatic heterocycles. The number of carbonyl (C=O) groups is 1. The van der Waals surface area contributed by atoms with Gasteiger partial charge in [-0.05, 0) is 24.8 Å². The Morgan fingerprint density at radius 2 is 2.05 bits per heavy atom. The fourth-order valence-corrected chi connectivity index (χ4v) is 3.14. The van der Waals surface area contributed by atoms with Crippen molar-refractivity contribution < 1.29 is 14.3 Å². The predicted octanol–water partition coefficient (Wildman–Crippen LogP) is 1.91. The van der Waals surface area contributed by atoms with E-state index in [-0.39, 0.29) is 17.7 Å². The number of amides is 1. The van der Waals surface area contributed by atoms with E-state index in [0.29, 0.717) is 26.3 Å². The van der Waals surface area contributed by atoms with Gasteiger partial charge in [0.25, 0.3) is 0 Å². The molecule has 0 aromatic heterocycles. The standard InChI is InChI=1S/C16H22N2O3/c17-14-10-16(21-12-14)6-8-18(9-7-16)15(19)20-11-13-4-2-1-3-5-13/h1-5,14H,6-12,17H2. The summed E-state index contributed by atoms with van der Waals surface area (Å²) in [6, 6.07) is 9.87. The molecule has 5 nitrogen and oxygen atoms in total. The topological polar surface area (TPSA) is 64.8 Å². The lowest BCUT2D eigenvalue weighted by Gasteiger charge is -2.38. The zero-order chi connectivity index (χ0) is 14.7. The van der Waals surface area contributed by atoms with Gasteiger partial charge in [-0.15, -0.1) is 0 Å². The van der Waals surface area contributed by atoms with Crippen LogP contribution in [0, 0.1) is 0 Å². The van der Waals surface area contributed by atoms with Gasteiger partial charge in [0.15, 0.2) is 0 Å². The Hall–Kier alpha value is -1.59. The molecule has 1 amide bonds. The number of rotatable bonds is 2. The average molecular weight is 290 g/mol. The summed E-state index contributed by atoms with van der Waals surface area (Å²) in [6.45, 7) is 2.32. The molecule has 21 heavy (non-hydrogen) atoms. The van der Waals surface area contributed by atoms with E-state index in [1.807, 2.05) is 30.3 Å². The number of ether oxygens (including phenoxy) is 2. The third-order valence-corrected chi connectivity index (χ3v) is 4.38. The van der Waals surface area contributed by atoms with Gasteiger partial charge in [-0.2, -0.15) is 0 Å². The second-order valence-corrected chi connectivity index (χ2v) is 5.99. The number of piperidine rings is 1. The lowest BCUT2D eigenvalue weighted by Crippen LogP contribution is -2.46. The summed E-state index contributed by atoms with van der Waals surface area (Å²) < 4.78 is 11.2. The summed E-state index contributed by atoms with van der Waals surface area (Å²) in [5.74, 6) is 0. The van der Waals surface area contributed by atoms with Crippen molar-refractivity contribution in [3.05, 3.63) is 35.9 Å². The molecule has 0 saturated carbocycles. The summed E-state index contributed by atoms with van der Waals surface area (Å²) in [5.41, 5.74) is 6.82. The number of nitrogens with two attached hydrogens (primary N) is 1. The number of hydrogen-bond donors (Lipinski definition) is 1. The van der Waals surface area contributed by atoms with Crippen LogP contribution in [-0.2, 0) is 16.1 Å². The van der Waals surface area contributed by atoms with Gasteiger partial charge < -0.3 is 20.1 Å². The number of carbonyl (C=O) groups excluding carboxylic acids is 1. The molecule has 0 bridgehead atoms. The van der Waals surface area contributed by atoms with Crippen LogP contribution in [0.15, 0.2) is 30.3 Å². The first-order chi connectivity index (χ1) is 10.2. The smallest absolute Gasteiger partial charge is 0.410 e. The SMILES string of the molecule is NC1COC2(CCN(C(=O)OCc3ccccc3)CC2)C1. The minimum atomic E-state index is -0.240. The Kier molecular flexibility index (Phi) is 4.12. The van der Waals surface area contributed by atoms with Gasteiger partial charge >= 0.3 is 6.09 Å². The maximum atomic E-state index is 12.1. The van der Waals surface area contributed by atoms with Crippen LogP contribution >= 0.6 is 0 Å². The van der Waals surface area contributed by atoms with Gasteiger partial charge in [-0.3, -0.25) is 0 Å². The lowest BCUT2D eigenvalue weighted by molar-refractivity contribution is -0.0421. The van der Waals surface area contributed by atoms with Crippen LogP contribution in [0.5, 0.6) is 0 Å². The number of nitrogens with zero attached hydrogens (tertiary/aromatic N) is 1. The molecule has 5 heteroatoms. The largest absolute Gasteiger partial charge is 0.445 e. The van der Waals surface area contributed by atoms with Gasteiger partial charge in [0.1, 0.15) is 6.61 Å². The molecular weight excluding hydrogens is 268 g/mol. The molecule has 1 unspecified atom stereocenters. The summed E-state index contributed by atoms with van der Waals surface area (Å²) in [5, 5.41) is 0. The normalized spacial score (nSPS) is 24.2. The first-order valence-electron chi connectivity index (χ1n) is 7.52. The van der Waals surface area contributed by atoms with Crippen molar-refractivity contribution in [2.24, 2.45) is 5.73 Å².